The van der Waals surface area contributed by atoms with E-state index in [2.05, 4.69) is 5.32 Å². The van der Waals surface area contributed by atoms with Gasteiger partial charge in [-0.05, 0) is 13.1 Å². The molecule has 1 N–H and O–H groups in total. The van der Waals surface area contributed by atoms with Crippen molar-refractivity contribution in [2.24, 2.45) is 0 Å². The van der Waals surface area contributed by atoms with Gasteiger partial charge in [0.05, 0.1) is 4.92 Å². The summed E-state index contributed by atoms with van der Waals surface area (Å²) in [4.78, 5) is 11.3. The molecule has 1 aromatic rings. The summed E-state index contributed by atoms with van der Waals surface area (Å²) in [5, 5.41) is 13.6. The van der Waals surface area contributed by atoms with E-state index in [0.29, 0.717) is 13.1 Å². The van der Waals surface area contributed by atoms with Crippen LogP contribution in [0.15, 0.2) is 12.1 Å². The standard InChI is InChI=1S/C10H13F2N3O2/c1-13-5-6-14(2)10-8(15(16)17)4-3-7(11)9(10)12/h3-4,13H,5-6H2,1-2H3. The highest BCUT2D eigenvalue weighted by Gasteiger charge is 2.24. The Morgan fingerprint density at radius 3 is 2.65 bits per heavy atom. The highest BCUT2D eigenvalue weighted by Crippen LogP contribution is 2.31. The molecule has 5 nitrogen and oxygen atoms in total. The van der Waals surface area contributed by atoms with E-state index in [1.54, 1.807) is 7.05 Å². The second kappa shape index (κ2) is 5.53. The topological polar surface area (TPSA) is 58.4 Å². The number of nitro groups is 1. The van der Waals surface area contributed by atoms with Crippen molar-refractivity contribution in [2.45, 2.75) is 0 Å². The average molecular weight is 245 g/mol. The second-order valence-electron chi connectivity index (χ2n) is 3.51. The van der Waals surface area contributed by atoms with E-state index in [0.717, 1.165) is 12.1 Å². The van der Waals surface area contributed by atoms with E-state index in [9.17, 15) is 18.9 Å². The molecular formula is C10H13F2N3O2. The van der Waals surface area contributed by atoms with Crippen LogP contribution in [0.1, 0.15) is 0 Å². The number of rotatable bonds is 5. The molecule has 0 fully saturated rings. The summed E-state index contributed by atoms with van der Waals surface area (Å²) >= 11 is 0. The third kappa shape index (κ3) is 2.88. The van der Waals surface area contributed by atoms with Gasteiger partial charge in [0.25, 0.3) is 5.69 Å². The van der Waals surface area contributed by atoms with E-state index in [-0.39, 0.29) is 5.69 Å². The van der Waals surface area contributed by atoms with Crippen LogP contribution < -0.4 is 10.2 Å². The van der Waals surface area contributed by atoms with Crippen LogP contribution in [0.5, 0.6) is 0 Å². The first-order chi connectivity index (χ1) is 7.99. The molecule has 94 valence electrons. The zero-order chi connectivity index (χ0) is 13.0. The molecule has 17 heavy (non-hydrogen) atoms. The fraction of sp³-hybridized carbons (Fsp3) is 0.400. The van der Waals surface area contributed by atoms with Gasteiger partial charge in [-0.15, -0.1) is 0 Å². The van der Waals surface area contributed by atoms with E-state index < -0.39 is 22.2 Å². The Morgan fingerprint density at radius 2 is 2.12 bits per heavy atom. The summed E-state index contributed by atoms with van der Waals surface area (Å²) in [5.41, 5.74) is -0.771. The number of benzene rings is 1. The van der Waals surface area contributed by atoms with Crippen molar-refractivity contribution >= 4 is 11.4 Å². The summed E-state index contributed by atoms with van der Waals surface area (Å²) in [5.74, 6) is -2.29. The van der Waals surface area contributed by atoms with Gasteiger partial charge < -0.3 is 10.2 Å². The van der Waals surface area contributed by atoms with Gasteiger partial charge in [0.2, 0.25) is 0 Å². The second-order valence-corrected chi connectivity index (χ2v) is 3.51. The Labute approximate surface area is 97.2 Å². The fourth-order valence-electron chi connectivity index (χ4n) is 1.43. The van der Waals surface area contributed by atoms with Gasteiger partial charge in [-0.1, -0.05) is 0 Å². The normalized spacial score (nSPS) is 10.4. The first kappa shape index (κ1) is 13.3. The van der Waals surface area contributed by atoms with E-state index in [4.69, 9.17) is 0 Å². The van der Waals surface area contributed by atoms with Crippen molar-refractivity contribution in [3.63, 3.8) is 0 Å². The predicted molar refractivity (Wildman–Crippen MR) is 60.2 cm³/mol. The van der Waals surface area contributed by atoms with Crippen molar-refractivity contribution in [1.29, 1.82) is 0 Å². The molecule has 1 aromatic carbocycles. The van der Waals surface area contributed by atoms with Crippen LogP contribution in [0, 0.1) is 21.7 Å². The Morgan fingerprint density at radius 1 is 1.47 bits per heavy atom. The maximum atomic E-state index is 13.6. The lowest BCUT2D eigenvalue weighted by atomic mass is 10.2. The number of hydrogen-bond acceptors (Lipinski definition) is 4. The van der Waals surface area contributed by atoms with Crippen LogP contribution in [-0.2, 0) is 0 Å². The van der Waals surface area contributed by atoms with Crippen LogP contribution >= 0.6 is 0 Å². The molecule has 0 spiro atoms. The zero-order valence-electron chi connectivity index (χ0n) is 9.54. The maximum absolute atomic E-state index is 13.6. The molecule has 0 aliphatic heterocycles. The van der Waals surface area contributed by atoms with E-state index >= 15 is 0 Å². The zero-order valence-corrected chi connectivity index (χ0v) is 9.54. The lowest BCUT2D eigenvalue weighted by Gasteiger charge is -2.19. The summed E-state index contributed by atoms with van der Waals surface area (Å²) in [7, 11) is 3.17. The molecule has 0 bridgehead atoms. The van der Waals surface area contributed by atoms with Gasteiger partial charge in [0, 0.05) is 26.2 Å². The van der Waals surface area contributed by atoms with Crippen molar-refractivity contribution < 1.29 is 13.7 Å². The van der Waals surface area contributed by atoms with Crippen LogP contribution in [0.3, 0.4) is 0 Å². The summed E-state index contributed by atoms with van der Waals surface area (Å²) in [6, 6.07) is 1.71. The quantitative estimate of drug-likeness (QED) is 0.631. The fourth-order valence-corrected chi connectivity index (χ4v) is 1.43. The smallest absolute Gasteiger partial charge is 0.295 e. The highest BCUT2D eigenvalue weighted by molar-refractivity contribution is 5.63. The number of anilines is 1. The molecule has 0 aliphatic carbocycles. The Kier molecular flexibility index (Phi) is 4.33. The highest BCUT2D eigenvalue weighted by atomic mass is 19.2. The van der Waals surface area contributed by atoms with Crippen molar-refractivity contribution in [3.05, 3.63) is 33.9 Å². The maximum Gasteiger partial charge on any atom is 0.295 e. The first-order valence-electron chi connectivity index (χ1n) is 4.97. The minimum atomic E-state index is -1.20. The molecule has 0 saturated heterocycles. The molecule has 0 unspecified atom stereocenters. The number of hydrogen-bond donors (Lipinski definition) is 1. The van der Waals surface area contributed by atoms with Crippen molar-refractivity contribution in [1.82, 2.24) is 5.32 Å². The summed E-state index contributed by atoms with van der Waals surface area (Å²) in [6.45, 7) is 0.835. The van der Waals surface area contributed by atoms with E-state index in [1.807, 2.05) is 0 Å². The number of likely N-dealkylation sites (N-methyl/N-ethyl adjacent to an activating group) is 2. The van der Waals surface area contributed by atoms with Gasteiger partial charge in [0.15, 0.2) is 17.3 Å². The third-order valence-electron chi connectivity index (χ3n) is 2.32. The average Bonchev–Trinajstić information content (AvgIpc) is 2.28. The Balaban J connectivity index is 3.18. The van der Waals surface area contributed by atoms with Crippen LogP contribution in [0.25, 0.3) is 0 Å². The van der Waals surface area contributed by atoms with E-state index in [1.165, 1.54) is 11.9 Å². The lowest BCUT2D eigenvalue weighted by molar-refractivity contribution is -0.384. The van der Waals surface area contributed by atoms with Gasteiger partial charge in [0.1, 0.15) is 0 Å². The summed E-state index contributed by atoms with van der Waals surface area (Å²) in [6.07, 6.45) is 0. The number of nitrogens with one attached hydrogen (secondary N) is 1. The predicted octanol–water partition coefficient (Wildman–Crippen LogP) is 1.53. The Bertz CT molecular complexity index is 426. The van der Waals surface area contributed by atoms with Gasteiger partial charge in [-0.2, -0.15) is 0 Å². The molecule has 1 rings (SSSR count). The number of halogens is 2. The monoisotopic (exact) mass is 245 g/mol. The van der Waals surface area contributed by atoms with Gasteiger partial charge in [-0.25, -0.2) is 8.78 Å². The minimum absolute atomic E-state index is 0.328. The van der Waals surface area contributed by atoms with Crippen LogP contribution in [-0.4, -0.2) is 32.1 Å². The minimum Gasteiger partial charge on any atom is -0.365 e. The molecular weight excluding hydrogens is 232 g/mol. The lowest BCUT2D eigenvalue weighted by Crippen LogP contribution is -2.28. The molecule has 0 amide bonds. The van der Waals surface area contributed by atoms with Crippen LogP contribution in [0.2, 0.25) is 0 Å². The molecule has 0 aromatic heterocycles. The molecule has 7 heteroatoms. The summed E-state index contributed by atoms with van der Waals surface area (Å²) < 4.78 is 26.6. The molecule has 0 aliphatic rings. The van der Waals surface area contributed by atoms with Crippen molar-refractivity contribution in [2.75, 3.05) is 32.1 Å². The Hall–Kier alpha value is -1.76. The molecule has 0 atom stereocenters. The largest absolute Gasteiger partial charge is 0.365 e. The van der Waals surface area contributed by atoms with Gasteiger partial charge >= 0.3 is 0 Å². The van der Waals surface area contributed by atoms with Gasteiger partial charge in [-0.3, -0.25) is 10.1 Å². The van der Waals surface area contributed by atoms with Crippen LogP contribution in [0.4, 0.5) is 20.2 Å². The first-order valence-corrected chi connectivity index (χ1v) is 4.97. The third-order valence-corrected chi connectivity index (χ3v) is 2.32. The SMILES string of the molecule is CNCCN(C)c1c([N+](=O)[O-])ccc(F)c1F. The van der Waals surface area contributed by atoms with Crippen molar-refractivity contribution in [3.8, 4) is 0 Å². The number of nitrogens with zero attached hydrogens (tertiary/aromatic N) is 2. The molecule has 0 saturated carbocycles. The molecule has 0 radical (unpaired) electrons. The number of nitro benzene ring substituents is 1. The molecule has 0 heterocycles.